The van der Waals surface area contributed by atoms with Crippen LogP contribution in [0, 0.1) is 0 Å². The number of urea groups is 1. The largest absolute Gasteiger partial charge is 0.465 e. The number of carbonyl (C=O) groups is 2. The number of nitrogens with one attached hydrogen (secondary N) is 2. The van der Waals surface area contributed by atoms with E-state index in [9.17, 15) is 9.59 Å². The van der Waals surface area contributed by atoms with Crippen molar-refractivity contribution in [1.82, 2.24) is 0 Å². The number of hydrogen-bond acceptors (Lipinski definition) is 3. The number of esters is 1. The molecule has 2 amide bonds. The monoisotopic (exact) mass is 270 g/mol. The second-order valence-electron chi connectivity index (χ2n) is 4.02. The van der Waals surface area contributed by atoms with Crippen LogP contribution in [-0.4, -0.2) is 19.1 Å². The zero-order chi connectivity index (χ0) is 14.4. The van der Waals surface area contributed by atoms with E-state index in [4.69, 9.17) is 0 Å². The molecule has 2 aromatic rings. The van der Waals surface area contributed by atoms with Crippen molar-refractivity contribution >= 4 is 23.4 Å². The summed E-state index contributed by atoms with van der Waals surface area (Å²) in [6.07, 6.45) is 0. The Bertz CT molecular complexity index is 612. The third-order valence-electron chi connectivity index (χ3n) is 2.57. The van der Waals surface area contributed by atoms with Gasteiger partial charge in [0.2, 0.25) is 0 Å². The van der Waals surface area contributed by atoms with Crippen LogP contribution < -0.4 is 10.6 Å². The molecule has 20 heavy (non-hydrogen) atoms. The van der Waals surface area contributed by atoms with Crippen molar-refractivity contribution in [2.75, 3.05) is 17.7 Å². The topological polar surface area (TPSA) is 67.4 Å². The van der Waals surface area contributed by atoms with Gasteiger partial charge in [0.1, 0.15) is 0 Å². The summed E-state index contributed by atoms with van der Waals surface area (Å²) in [7, 11) is 1.31. The number of para-hydroxylation sites is 1. The Kier molecular flexibility index (Phi) is 4.34. The van der Waals surface area contributed by atoms with Crippen molar-refractivity contribution in [1.29, 1.82) is 0 Å². The van der Waals surface area contributed by atoms with Gasteiger partial charge >= 0.3 is 12.0 Å². The van der Waals surface area contributed by atoms with Crippen LogP contribution in [0.2, 0.25) is 0 Å². The molecule has 102 valence electrons. The predicted molar refractivity (Wildman–Crippen MR) is 76.9 cm³/mol. The number of benzene rings is 2. The van der Waals surface area contributed by atoms with E-state index in [1.165, 1.54) is 7.11 Å². The molecule has 0 fully saturated rings. The molecular weight excluding hydrogens is 256 g/mol. The average molecular weight is 270 g/mol. The minimum Gasteiger partial charge on any atom is -0.465 e. The molecule has 2 N–H and O–H groups in total. The third kappa shape index (κ3) is 3.58. The molecule has 0 unspecified atom stereocenters. The highest BCUT2D eigenvalue weighted by Crippen LogP contribution is 2.12. The van der Waals surface area contributed by atoms with E-state index in [1.54, 1.807) is 36.4 Å². The summed E-state index contributed by atoms with van der Waals surface area (Å²) >= 11 is 0. The molecule has 0 spiro atoms. The van der Waals surface area contributed by atoms with Crippen molar-refractivity contribution in [3.05, 3.63) is 60.2 Å². The summed E-state index contributed by atoms with van der Waals surface area (Å²) in [6, 6.07) is 15.2. The predicted octanol–water partition coefficient (Wildman–Crippen LogP) is 3.12. The highest BCUT2D eigenvalue weighted by molar-refractivity contribution is 6.00. The van der Waals surface area contributed by atoms with Gasteiger partial charge in [-0.05, 0) is 30.3 Å². The molecule has 0 aliphatic carbocycles. The smallest absolute Gasteiger partial charge is 0.337 e. The first-order chi connectivity index (χ1) is 9.69. The van der Waals surface area contributed by atoms with Crippen LogP contribution in [0.4, 0.5) is 16.2 Å². The summed E-state index contributed by atoms with van der Waals surface area (Å²) in [5, 5.41) is 5.34. The van der Waals surface area contributed by atoms with Crippen LogP contribution >= 0.6 is 0 Å². The van der Waals surface area contributed by atoms with E-state index < -0.39 is 5.97 Å². The first kappa shape index (κ1) is 13.6. The molecule has 0 bridgehead atoms. The summed E-state index contributed by atoms with van der Waals surface area (Å²) in [5.41, 5.74) is 1.58. The van der Waals surface area contributed by atoms with Crippen molar-refractivity contribution in [3.8, 4) is 0 Å². The molecule has 0 saturated carbocycles. The van der Waals surface area contributed by atoms with Gasteiger partial charge in [0.05, 0.1) is 12.7 Å². The number of hydrogen-bond donors (Lipinski definition) is 2. The Morgan fingerprint density at radius 1 is 0.900 bits per heavy atom. The molecule has 0 heterocycles. The van der Waals surface area contributed by atoms with Crippen molar-refractivity contribution in [2.24, 2.45) is 0 Å². The number of rotatable bonds is 3. The Morgan fingerprint density at radius 2 is 1.55 bits per heavy atom. The molecule has 5 nitrogen and oxygen atoms in total. The number of methoxy groups -OCH3 is 1. The minimum absolute atomic E-state index is 0.377. The first-order valence-electron chi connectivity index (χ1n) is 6.00. The lowest BCUT2D eigenvalue weighted by Gasteiger charge is -2.08. The molecule has 0 radical (unpaired) electrons. The quantitative estimate of drug-likeness (QED) is 0.842. The third-order valence-corrected chi connectivity index (χ3v) is 2.57. The molecule has 0 atom stereocenters. The maximum atomic E-state index is 11.8. The lowest BCUT2D eigenvalue weighted by atomic mass is 10.2. The fourth-order valence-electron chi connectivity index (χ4n) is 1.66. The van der Waals surface area contributed by atoms with Gasteiger partial charge in [0.15, 0.2) is 0 Å². The van der Waals surface area contributed by atoms with Crippen molar-refractivity contribution in [2.45, 2.75) is 0 Å². The van der Waals surface area contributed by atoms with Crippen LogP contribution in [0.3, 0.4) is 0 Å². The van der Waals surface area contributed by atoms with Crippen LogP contribution in [0.5, 0.6) is 0 Å². The van der Waals surface area contributed by atoms with E-state index >= 15 is 0 Å². The zero-order valence-electron chi connectivity index (χ0n) is 10.9. The Balaban J connectivity index is 2.03. The fraction of sp³-hybridized carbons (Fsp3) is 0.0667. The summed E-state index contributed by atoms with van der Waals surface area (Å²) in [6.45, 7) is 0. The number of amides is 2. The molecule has 0 saturated heterocycles. The SMILES string of the molecule is COC(=O)c1cccc(NC(=O)Nc2ccccc2)c1. The number of ether oxygens (including phenoxy) is 1. The maximum Gasteiger partial charge on any atom is 0.337 e. The standard InChI is InChI=1S/C15H14N2O3/c1-20-14(18)11-6-5-9-13(10-11)17-15(19)16-12-7-3-2-4-8-12/h2-10H,1H3,(H2,16,17,19). The maximum absolute atomic E-state index is 11.8. The van der Waals surface area contributed by atoms with Gasteiger partial charge in [-0.15, -0.1) is 0 Å². The van der Waals surface area contributed by atoms with Crippen LogP contribution in [0.25, 0.3) is 0 Å². The van der Waals surface area contributed by atoms with Crippen LogP contribution in [0.1, 0.15) is 10.4 Å². The highest BCUT2D eigenvalue weighted by atomic mass is 16.5. The van der Waals surface area contributed by atoms with Gasteiger partial charge < -0.3 is 15.4 Å². The summed E-state index contributed by atoms with van der Waals surface area (Å²) < 4.78 is 4.62. The van der Waals surface area contributed by atoms with E-state index in [-0.39, 0.29) is 6.03 Å². The van der Waals surface area contributed by atoms with E-state index in [1.807, 2.05) is 18.2 Å². The van der Waals surface area contributed by atoms with Crippen LogP contribution in [0.15, 0.2) is 54.6 Å². The lowest BCUT2D eigenvalue weighted by Crippen LogP contribution is -2.19. The van der Waals surface area contributed by atoms with Crippen LogP contribution in [-0.2, 0) is 4.74 Å². The Morgan fingerprint density at radius 3 is 2.25 bits per heavy atom. The summed E-state index contributed by atoms with van der Waals surface area (Å²) in [5.74, 6) is -0.447. The lowest BCUT2D eigenvalue weighted by molar-refractivity contribution is 0.0600. The first-order valence-corrected chi connectivity index (χ1v) is 6.00. The molecule has 5 heteroatoms. The molecule has 2 rings (SSSR count). The van der Waals surface area contributed by atoms with Gasteiger partial charge in [-0.25, -0.2) is 9.59 Å². The molecule has 0 aromatic heterocycles. The van der Waals surface area contributed by atoms with Gasteiger partial charge in [-0.3, -0.25) is 0 Å². The number of carbonyl (C=O) groups excluding carboxylic acids is 2. The van der Waals surface area contributed by atoms with Crippen molar-refractivity contribution < 1.29 is 14.3 Å². The minimum atomic E-state index is -0.447. The Hall–Kier alpha value is -2.82. The van der Waals surface area contributed by atoms with E-state index in [2.05, 4.69) is 15.4 Å². The summed E-state index contributed by atoms with van der Waals surface area (Å²) in [4.78, 5) is 23.2. The second kappa shape index (κ2) is 6.38. The number of anilines is 2. The molecule has 0 aliphatic heterocycles. The highest BCUT2D eigenvalue weighted by Gasteiger charge is 2.07. The molecule has 2 aromatic carbocycles. The normalized spacial score (nSPS) is 9.65. The van der Waals surface area contributed by atoms with E-state index in [0.717, 1.165) is 0 Å². The average Bonchev–Trinajstić information content (AvgIpc) is 2.47. The Labute approximate surface area is 116 Å². The molecular formula is C15H14N2O3. The zero-order valence-corrected chi connectivity index (χ0v) is 10.9. The fourth-order valence-corrected chi connectivity index (χ4v) is 1.66. The van der Waals surface area contributed by atoms with Gasteiger partial charge in [-0.2, -0.15) is 0 Å². The van der Waals surface area contributed by atoms with Gasteiger partial charge in [-0.1, -0.05) is 24.3 Å². The molecule has 0 aliphatic rings. The van der Waals surface area contributed by atoms with Gasteiger partial charge in [0, 0.05) is 11.4 Å². The second-order valence-corrected chi connectivity index (χ2v) is 4.02. The van der Waals surface area contributed by atoms with E-state index in [0.29, 0.717) is 16.9 Å². The van der Waals surface area contributed by atoms with Crippen molar-refractivity contribution in [3.63, 3.8) is 0 Å². The van der Waals surface area contributed by atoms with Gasteiger partial charge in [0.25, 0.3) is 0 Å².